The molecule has 1 spiro atoms. The molecule has 6 heteroatoms. The summed E-state index contributed by atoms with van der Waals surface area (Å²) in [4.78, 5) is 47.6. The molecule has 3 aromatic rings. The summed E-state index contributed by atoms with van der Waals surface area (Å²) in [5.74, 6) is -0.838. The van der Waals surface area contributed by atoms with Crippen LogP contribution in [0.3, 0.4) is 0 Å². The van der Waals surface area contributed by atoms with Crippen LogP contribution in [0, 0.1) is 5.41 Å². The molecule has 35 heavy (non-hydrogen) atoms. The van der Waals surface area contributed by atoms with Crippen LogP contribution < -0.4 is 14.7 Å². The van der Waals surface area contributed by atoms with Gasteiger partial charge in [0.15, 0.2) is 5.41 Å². The third kappa shape index (κ3) is 3.20. The lowest BCUT2D eigenvalue weighted by Gasteiger charge is -2.53. The predicted octanol–water partition coefficient (Wildman–Crippen LogP) is 5.18. The van der Waals surface area contributed by atoms with Crippen LogP contribution in [0.25, 0.3) is 0 Å². The van der Waals surface area contributed by atoms with Crippen LogP contribution in [-0.2, 0) is 16.0 Å². The van der Waals surface area contributed by atoms with Crippen molar-refractivity contribution < 1.29 is 14.4 Å². The average molecular weight is 466 g/mol. The van der Waals surface area contributed by atoms with Gasteiger partial charge < -0.3 is 4.90 Å². The Hall–Kier alpha value is -3.93. The number of carbonyl (C=O) groups is 3. The molecule has 0 radical (unpaired) electrons. The van der Waals surface area contributed by atoms with Crippen LogP contribution in [0.5, 0.6) is 0 Å². The van der Waals surface area contributed by atoms with Crippen molar-refractivity contribution in [1.29, 1.82) is 0 Å². The van der Waals surface area contributed by atoms with Crippen molar-refractivity contribution in [2.45, 2.75) is 38.1 Å². The van der Waals surface area contributed by atoms with Crippen LogP contribution >= 0.6 is 0 Å². The lowest BCUT2D eigenvalue weighted by atomic mass is 9.67. The maximum absolute atomic E-state index is 14.5. The Morgan fingerprint density at radius 2 is 1.23 bits per heavy atom. The molecule has 2 saturated heterocycles. The SMILES string of the molecule is O=C1N(c2ccccc2)C(=O)C2(Cc3ccccc3N3CCCCC[C@H]32)C(=O)N1c1ccccc1. The molecule has 3 aliphatic rings. The van der Waals surface area contributed by atoms with Crippen molar-refractivity contribution in [2.75, 3.05) is 21.2 Å². The number of urea groups is 1. The van der Waals surface area contributed by atoms with E-state index in [9.17, 15) is 14.4 Å². The number of imide groups is 2. The summed E-state index contributed by atoms with van der Waals surface area (Å²) in [6, 6.07) is 25.1. The molecule has 0 unspecified atom stereocenters. The molecule has 0 aromatic heterocycles. The highest BCUT2D eigenvalue weighted by molar-refractivity contribution is 6.39. The summed E-state index contributed by atoms with van der Waals surface area (Å²) in [7, 11) is 0. The Morgan fingerprint density at radius 1 is 0.657 bits per heavy atom. The highest BCUT2D eigenvalue weighted by Gasteiger charge is 2.64. The largest absolute Gasteiger partial charge is 0.367 e. The maximum atomic E-state index is 14.5. The van der Waals surface area contributed by atoms with Crippen molar-refractivity contribution in [2.24, 2.45) is 5.41 Å². The second kappa shape index (κ2) is 8.38. The third-order valence-corrected chi connectivity index (χ3v) is 7.67. The Bertz CT molecular complexity index is 1230. The number of hydrogen-bond acceptors (Lipinski definition) is 4. The van der Waals surface area contributed by atoms with Gasteiger partial charge in [-0.25, -0.2) is 14.6 Å². The van der Waals surface area contributed by atoms with E-state index in [-0.39, 0.29) is 12.5 Å². The monoisotopic (exact) mass is 465 g/mol. The van der Waals surface area contributed by atoms with E-state index in [1.165, 1.54) is 9.80 Å². The van der Waals surface area contributed by atoms with Gasteiger partial charge >= 0.3 is 6.03 Å². The molecular weight excluding hydrogens is 438 g/mol. The number of amides is 4. The predicted molar refractivity (Wildman–Crippen MR) is 135 cm³/mol. The van der Waals surface area contributed by atoms with Gasteiger partial charge in [-0.05, 0) is 55.2 Å². The second-order valence-electron chi connectivity index (χ2n) is 9.57. The molecule has 176 valence electrons. The molecule has 0 aliphatic carbocycles. The summed E-state index contributed by atoms with van der Waals surface area (Å²) < 4.78 is 0. The normalized spacial score (nSPS) is 21.5. The molecule has 1 atom stereocenters. The van der Waals surface area contributed by atoms with Gasteiger partial charge in [0, 0.05) is 12.2 Å². The van der Waals surface area contributed by atoms with E-state index in [0.29, 0.717) is 11.4 Å². The number of para-hydroxylation sites is 3. The molecule has 0 bridgehead atoms. The average Bonchev–Trinajstić information content (AvgIpc) is 3.16. The van der Waals surface area contributed by atoms with E-state index in [0.717, 1.165) is 43.5 Å². The highest BCUT2D eigenvalue weighted by Crippen LogP contribution is 2.49. The molecule has 0 N–H and O–H groups in total. The van der Waals surface area contributed by atoms with Gasteiger partial charge in [-0.15, -0.1) is 0 Å². The zero-order chi connectivity index (χ0) is 24.0. The number of barbiturate groups is 1. The Labute approximate surface area is 204 Å². The fourth-order valence-electron chi connectivity index (χ4n) is 6.08. The van der Waals surface area contributed by atoms with Crippen LogP contribution in [-0.4, -0.2) is 30.4 Å². The number of fused-ring (bicyclic) bond motifs is 4. The smallest absolute Gasteiger partial charge is 0.342 e. The minimum Gasteiger partial charge on any atom is -0.367 e. The van der Waals surface area contributed by atoms with E-state index >= 15 is 0 Å². The van der Waals surface area contributed by atoms with E-state index in [1.54, 1.807) is 48.5 Å². The first-order chi connectivity index (χ1) is 17.1. The van der Waals surface area contributed by atoms with E-state index in [4.69, 9.17) is 0 Å². The topological polar surface area (TPSA) is 60.9 Å². The van der Waals surface area contributed by atoms with Crippen LogP contribution in [0.15, 0.2) is 84.9 Å². The maximum Gasteiger partial charge on any atom is 0.342 e. The molecular formula is C29H27N3O3. The lowest BCUT2D eigenvalue weighted by molar-refractivity contribution is -0.143. The standard InChI is InChI=1S/C29H27N3O3/c33-26-29(20-21-12-9-10-17-24(21)30-19-11-3-8-18-25(29)30)27(34)32(23-15-6-2-7-16-23)28(35)31(26)22-13-4-1-5-14-22/h1-2,4-7,9-10,12-17,25H,3,8,11,18-20H2/t25-/m0/s1. The number of benzene rings is 3. The minimum atomic E-state index is -1.39. The fourth-order valence-corrected chi connectivity index (χ4v) is 6.08. The van der Waals surface area contributed by atoms with Crippen LogP contribution in [0.2, 0.25) is 0 Å². The first-order valence-electron chi connectivity index (χ1n) is 12.3. The van der Waals surface area contributed by atoms with Gasteiger partial charge in [-0.1, -0.05) is 67.4 Å². The summed E-state index contributed by atoms with van der Waals surface area (Å²) >= 11 is 0. The number of nitrogens with zero attached hydrogens (tertiary/aromatic N) is 3. The van der Waals surface area contributed by atoms with Crippen molar-refractivity contribution >= 4 is 34.9 Å². The van der Waals surface area contributed by atoms with Gasteiger partial charge in [-0.3, -0.25) is 9.59 Å². The zero-order valence-corrected chi connectivity index (χ0v) is 19.5. The number of rotatable bonds is 2. The summed E-state index contributed by atoms with van der Waals surface area (Å²) in [6.45, 7) is 0.786. The molecule has 0 saturated carbocycles. The van der Waals surface area contributed by atoms with E-state index in [2.05, 4.69) is 11.0 Å². The summed E-state index contributed by atoms with van der Waals surface area (Å²) in [6.07, 6.45) is 4.01. The first-order valence-corrected chi connectivity index (χ1v) is 12.3. The van der Waals surface area contributed by atoms with Crippen LogP contribution in [0.4, 0.5) is 21.9 Å². The molecule has 6 nitrogen and oxygen atoms in total. The summed E-state index contributed by atoms with van der Waals surface area (Å²) in [5, 5.41) is 0. The fraction of sp³-hybridized carbons (Fsp3) is 0.276. The molecule has 6 rings (SSSR count). The van der Waals surface area contributed by atoms with Gasteiger partial charge in [0.2, 0.25) is 0 Å². The first kappa shape index (κ1) is 21.6. The van der Waals surface area contributed by atoms with Gasteiger partial charge in [-0.2, -0.15) is 0 Å². The highest BCUT2D eigenvalue weighted by atomic mass is 16.2. The molecule has 3 aliphatic heterocycles. The number of carbonyl (C=O) groups excluding carboxylic acids is 3. The molecule has 2 fully saturated rings. The van der Waals surface area contributed by atoms with Gasteiger partial charge in [0.05, 0.1) is 17.4 Å². The zero-order valence-electron chi connectivity index (χ0n) is 19.5. The van der Waals surface area contributed by atoms with Crippen molar-refractivity contribution in [3.63, 3.8) is 0 Å². The summed E-state index contributed by atoms with van der Waals surface area (Å²) in [5.41, 5.74) is 1.64. The number of hydrogen-bond donors (Lipinski definition) is 0. The number of anilines is 3. The van der Waals surface area contributed by atoms with Gasteiger partial charge in [0.1, 0.15) is 0 Å². The Kier molecular flexibility index (Phi) is 5.17. The molecule has 3 heterocycles. The molecule has 3 aromatic carbocycles. The van der Waals surface area contributed by atoms with Gasteiger partial charge in [0.25, 0.3) is 11.8 Å². The van der Waals surface area contributed by atoms with Crippen LogP contribution in [0.1, 0.15) is 31.2 Å². The second-order valence-corrected chi connectivity index (χ2v) is 9.57. The van der Waals surface area contributed by atoms with Crippen molar-refractivity contribution in [3.8, 4) is 0 Å². The van der Waals surface area contributed by atoms with E-state index < -0.39 is 23.3 Å². The van der Waals surface area contributed by atoms with E-state index in [1.807, 2.05) is 30.3 Å². The Morgan fingerprint density at radius 3 is 1.86 bits per heavy atom. The van der Waals surface area contributed by atoms with Crippen molar-refractivity contribution in [1.82, 2.24) is 0 Å². The lowest BCUT2D eigenvalue weighted by Crippen LogP contribution is -2.73. The molecule has 4 amide bonds. The minimum absolute atomic E-state index is 0.280. The Balaban J connectivity index is 1.59. The third-order valence-electron chi connectivity index (χ3n) is 7.67. The quantitative estimate of drug-likeness (QED) is 0.490. The van der Waals surface area contributed by atoms with Crippen molar-refractivity contribution in [3.05, 3.63) is 90.5 Å².